The minimum atomic E-state index is 0.570. The molecule has 80 valence electrons. The molecule has 0 bridgehead atoms. The third-order valence-corrected chi connectivity index (χ3v) is 2.26. The smallest absolute Gasteiger partial charge is 0.123 e. The standard InChI is InChI=1S/C10H20N4/c1-4-11-9(2)5-7-12-10-6-8-13-14(10)3/h6,8-9,11-12H,4-5,7H2,1-3H3. The van der Waals surface area contributed by atoms with Crippen molar-refractivity contribution in [2.24, 2.45) is 7.05 Å². The van der Waals surface area contributed by atoms with E-state index in [9.17, 15) is 0 Å². The highest BCUT2D eigenvalue weighted by molar-refractivity contribution is 5.33. The van der Waals surface area contributed by atoms with Gasteiger partial charge in [-0.1, -0.05) is 6.92 Å². The van der Waals surface area contributed by atoms with E-state index in [1.807, 2.05) is 17.8 Å². The Hall–Kier alpha value is -1.03. The van der Waals surface area contributed by atoms with Gasteiger partial charge in [0.1, 0.15) is 5.82 Å². The molecule has 0 fully saturated rings. The van der Waals surface area contributed by atoms with E-state index in [0.717, 1.165) is 25.3 Å². The molecule has 0 aromatic carbocycles. The maximum atomic E-state index is 4.09. The van der Waals surface area contributed by atoms with Crippen LogP contribution in [0.15, 0.2) is 12.3 Å². The first-order chi connectivity index (χ1) is 6.74. The van der Waals surface area contributed by atoms with Crippen LogP contribution in [0.2, 0.25) is 0 Å². The highest BCUT2D eigenvalue weighted by atomic mass is 15.3. The van der Waals surface area contributed by atoms with E-state index >= 15 is 0 Å². The lowest BCUT2D eigenvalue weighted by Gasteiger charge is -2.12. The number of aromatic nitrogens is 2. The number of rotatable bonds is 6. The molecule has 4 nitrogen and oxygen atoms in total. The lowest BCUT2D eigenvalue weighted by Crippen LogP contribution is -2.27. The van der Waals surface area contributed by atoms with Gasteiger partial charge in [0, 0.05) is 25.7 Å². The van der Waals surface area contributed by atoms with E-state index in [0.29, 0.717) is 6.04 Å². The molecular formula is C10H20N4. The van der Waals surface area contributed by atoms with Crippen LogP contribution in [0.3, 0.4) is 0 Å². The molecule has 14 heavy (non-hydrogen) atoms. The van der Waals surface area contributed by atoms with Crippen molar-refractivity contribution in [1.82, 2.24) is 15.1 Å². The molecule has 1 atom stereocenters. The van der Waals surface area contributed by atoms with Gasteiger partial charge in [-0.25, -0.2) is 0 Å². The largest absolute Gasteiger partial charge is 0.370 e. The van der Waals surface area contributed by atoms with E-state index in [1.54, 1.807) is 6.20 Å². The van der Waals surface area contributed by atoms with Crippen molar-refractivity contribution in [1.29, 1.82) is 0 Å². The zero-order chi connectivity index (χ0) is 10.4. The molecule has 1 aromatic rings. The number of hydrogen-bond donors (Lipinski definition) is 2. The average Bonchev–Trinajstić information content (AvgIpc) is 2.52. The van der Waals surface area contributed by atoms with E-state index in [-0.39, 0.29) is 0 Å². The minimum Gasteiger partial charge on any atom is -0.370 e. The van der Waals surface area contributed by atoms with Gasteiger partial charge in [-0.05, 0) is 19.9 Å². The summed E-state index contributed by atoms with van der Waals surface area (Å²) < 4.78 is 1.85. The SMILES string of the molecule is CCNC(C)CCNc1ccnn1C. The number of anilines is 1. The van der Waals surface area contributed by atoms with Crippen molar-refractivity contribution in [2.75, 3.05) is 18.4 Å². The number of nitrogens with zero attached hydrogens (tertiary/aromatic N) is 2. The molecular weight excluding hydrogens is 176 g/mol. The van der Waals surface area contributed by atoms with Gasteiger partial charge in [0.15, 0.2) is 0 Å². The molecule has 1 unspecified atom stereocenters. The zero-order valence-corrected chi connectivity index (χ0v) is 9.25. The molecule has 0 radical (unpaired) electrons. The van der Waals surface area contributed by atoms with E-state index in [4.69, 9.17) is 0 Å². The summed E-state index contributed by atoms with van der Waals surface area (Å²) in [7, 11) is 1.94. The third kappa shape index (κ3) is 3.38. The van der Waals surface area contributed by atoms with Crippen LogP contribution in [0.25, 0.3) is 0 Å². The first-order valence-electron chi connectivity index (χ1n) is 5.19. The van der Waals surface area contributed by atoms with Crippen molar-refractivity contribution < 1.29 is 0 Å². The molecule has 1 heterocycles. The van der Waals surface area contributed by atoms with Crippen LogP contribution in [0.4, 0.5) is 5.82 Å². The second-order valence-corrected chi connectivity index (χ2v) is 3.51. The predicted octanol–water partition coefficient (Wildman–Crippen LogP) is 1.22. The number of hydrogen-bond acceptors (Lipinski definition) is 3. The Kier molecular flexibility index (Phi) is 4.46. The van der Waals surface area contributed by atoms with Gasteiger partial charge >= 0.3 is 0 Å². The molecule has 1 aromatic heterocycles. The first-order valence-corrected chi connectivity index (χ1v) is 5.19. The van der Waals surface area contributed by atoms with Gasteiger partial charge in [-0.15, -0.1) is 0 Å². The molecule has 1 rings (SSSR count). The van der Waals surface area contributed by atoms with Crippen molar-refractivity contribution in [3.05, 3.63) is 12.3 Å². The van der Waals surface area contributed by atoms with Crippen molar-refractivity contribution in [3.8, 4) is 0 Å². The maximum absolute atomic E-state index is 4.09. The van der Waals surface area contributed by atoms with Gasteiger partial charge in [-0.2, -0.15) is 5.10 Å². The molecule has 0 saturated carbocycles. The van der Waals surface area contributed by atoms with Crippen molar-refractivity contribution in [2.45, 2.75) is 26.3 Å². The van der Waals surface area contributed by atoms with E-state index < -0.39 is 0 Å². The predicted molar refractivity (Wildman–Crippen MR) is 59.5 cm³/mol. The fraction of sp³-hybridized carbons (Fsp3) is 0.700. The maximum Gasteiger partial charge on any atom is 0.123 e. The Labute approximate surface area is 85.7 Å². The first kappa shape index (κ1) is 11.0. The van der Waals surface area contributed by atoms with Gasteiger partial charge in [0.05, 0.1) is 6.20 Å². The van der Waals surface area contributed by atoms with Crippen molar-refractivity contribution in [3.63, 3.8) is 0 Å². The molecule has 0 aliphatic carbocycles. The summed E-state index contributed by atoms with van der Waals surface area (Å²) in [5.41, 5.74) is 0. The molecule has 4 heteroatoms. The summed E-state index contributed by atoms with van der Waals surface area (Å²) in [6.07, 6.45) is 2.93. The van der Waals surface area contributed by atoms with Gasteiger partial charge in [0.2, 0.25) is 0 Å². The van der Waals surface area contributed by atoms with Crippen LogP contribution in [-0.4, -0.2) is 28.9 Å². The Morgan fingerprint density at radius 1 is 1.57 bits per heavy atom. The summed E-state index contributed by atoms with van der Waals surface area (Å²) in [6.45, 7) is 6.35. The monoisotopic (exact) mass is 196 g/mol. The van der Waals surface area contributed by atoms with Gasteiger partial charge in [-0.3, -0.25) is 4.68 Å². The quantitative estimate of drug-likeness (QED) is 0.719. The molecule has 0 spiro atoms. The van der Waals surface area contributed by atoms with Crippen LogP contribution in [0.5, 0.6) is 0 Å². The average molecular weight is 196 g/mol. The highest BCUT2D eigenvalue weighted by Gasteiger charge is 2.00. The molecule has 2 N–H and O–H groups in total. The Morgan fingerprint density at radius 2 is 2.36 bits per heavy atom. The highest BCUT2D eigenvalue weighted by Crippen LogP contribution is 2.03. The van der Waals surface area contributed by atoms with Crippen LogP contribution in [0.1, 0.15) is 20.3 Å². The summed E-state index contributed by atoms with van der Waals surface area (Å²) in [5, 5.41) is 10.8. The third-order valence-electron chi connectivity index (χ3n) is 2.26. The summed E-state index contributed by atoms with van der Waals surface area (Å²) in [5.74, 6) is 1.08. The Morgan fingerprint density at radius 3 is 2.93 bits per heavy atom. The lowest BCUT2D eigenvalue weighted by molar-refractivity contribution is 0.542. The van der Waals surface area contributed by atoms with Crippen LogP contribution >= 0.6 is 0 Å². The van der Waals surface area contributed by atoms with Crippen LogP contribution < -0.4 is 10.6 Å². The summed E-state index contributed by atoms with van der Waals surface area (Å²) in [4.78, 5) is 0. The fourth-order valence-electron chi connectivity index (χ4n) is 1.41. The summed E-state index contributed by atoms with van der Waals surface area (Å²) in [6, 6.07) is 2.55. The minimum absolute atomic E-state index is 0.570. The fourth-order valence-corrected chi connectivity index (χ4v) is 1.41. The Bertz CT molecular complexity index is 256. The lowest BCUT2D eigenvalue weighted by atomic mass is 10.2. The molecule has 0 saturated heterocycles. The van der Waals surface area contributed by atoms with Crippen molar-refractivity contribution >= 4 is 5.82 Å². The summed E-state index contributed by atoms with van der Waals surface area (Å²) >= 11 is 0. The molecule has 0 aliphatic heterocycles. The number of nitrogens with one attached hydrogen (secondary N) is 2. The van der Waals surface area contributed by atoms with E-state index in [2.05, 4.69) is 29.6 Å². The second-order valence-electron chi connectivity index (χ2n) is 3.51. The van der Waals surface area contributed by atoms with Gasteiger partial charge in [0.25, 0.3) is 0 Å². The van der Waals surface area contributed by atoms with Crippen LogP contribution in [0, 0.1) is 0 Å². The topological polar surface area (TPSA) is 41.9 Å². The second kappa shape index (κ2) is 5.65. The molecule has 0 aliphatic rings. The molecule has 0 amide bonds. The Balaban J connectivity index is 2.19. The normalized spacial score (nSPS) is 12.8. The van der Waals surface area contributed by atoms with E-state index in [1.165, 1.54) is 0 Å². The number of aryl methyl sites for hydroxylation is 1. The van der Waals surface area contributed by atoms with Crippen LogP contribution in [-0.2, 0) is 7.05 Å². The zero-order valence-electron chi connectivity index (χ0n) is 9.25. The van der Waals surface area contributed by atoms with Gasteiger partial charge < -0.3 is 10.6 Å².